The monoisotopic (exact) mass is 418 g/mol. The van der Waals surface area contributed by atoms with Crippen LogP contribution in [0.25, 0.3) is 11.0 Å². The maximum absolute atomic E-state index is 12.3. The van der Waals surface area contributed by atoms with Gasteiger partial charge in [-0.25, -0.2) is 4.98 Å². The van der Waals surface area contributed by atoms with E-state index in [2.05, 4.69) is 15.6 Å². The Kier molecular flexibility index (Phi) is 6.21. The number of aromatic nitrogens is 2. The van der Waals surface area contributed by atoms with Gasteiger partial charge in [-0.2, -0.15) is 0 Å². The Hall–Kier alpha value is -2.57. The number of rotatable bonds is 6. The summed E-state index contributed by atoms with van der Waals surface area (Å²) in [5.41, 5.74) is 2.17. The Bertz CT molecular complexity index is 1030. The summed E-state index contributed by atoms with van der Waals surface area (Å²) in [4.78, 5) is 29.2. The lowest BCUT2D eigenvalue weighted by atomic mass is 10.2. The van der Waals surface area contributed by atoms with Crippen LogP contribution in [0.1, 0.15) is 23.1 Å². The minimum atomic E-state index is -0.719. The third kappa shape index (κ3) is 4.29. The van der Waals surface area contributed by atoms with Crippen LogP contribution in [0.3, 0.4) is 0 Å². The van der Waals surface area contributed by atoms with E-state index in [1.165, 1.54) is 0 Å². The summed E-state index contributed by atoms with van der Waals surface area (Å²) in [6.07, 6.45) is 0. The van der Waals surface area contributed by atoms with Crippen molar-refractivity contribution in [2.75, 3.05) is 6.54 Å². The number of imidazole rings is 1. The Morgan fingerprint density at radius 2 is 1.89 bits per heavy atom. The van der Waals surface area contributed by atoms with E-state index < -0.39 is 11.9 Å². The molecule has 0 radical (unpaired) electrons. The van der Waals surface area contributed by atoms with Gasteiger partial charge in [0.15, 0.2) is 0 Å². The Balaban J connectivity index is 1.56. The van der Waals surface area contributed by atoms with Crippen LogP contribution in [-0.4, -0.2) is 34.0 Å². The van der Waals surface area contributed by atoms with Crippen molar-refractivity contribution in [2.24, 2.45) is 0 Å². The van der Waals surface area contributed by atoms with Crippen LogP contribution >= 0.6 is 23.2 Å². The summed E-state index contributed by atoms with van der Waals surface area (Å²) in [5, 5.41) is 5.92. The van der Waals surface area contributed by atoms with Crippen LogP contribution in [-0.2, 0) is 11.3 Å². The summed E-state index contributed by atoms with van der Waals surface area (Å²) in [6, 6.07) is 11.9. The van der Waals surface area contributed by atoms with E-state index in [4.69, 9.17) is 23.2 Å². The maximum atomic E-state index is 12.3. The summed E-state index contributed by atoms with van der Waals surface area (Å²) >= 11 is 12.0. The molecule has 2 N–H and O–H groups in total. The maximum Gasteiger partial charge on any atom is 0.253 e. The van der Waals surface area contributed by atoms with Gasteiger partial charge in [0.05, 0.1) is 26.6 Å². The number of hydrogen-bond acceptors (Lipinski definition) is 3. The Labute approximate surface area is 172 Å². The SMILES string of the molecule is Cc1nc2ccccc2n1CCNC(=O)C(C)NC(=O)c1cccc(Cl)c1Cl. The standard InChI is InChI=1S/C20H20Cl2N4O2/c1-12(24-20(28)14-6-5-7-15(21)18(14)22)19(27)23-10-11-26-13(2)25-16-8-3-4-9-17(16)26/h3-9,12H,10-11H2,1-2H3,(H,23,27)(H,24,28). The lowest BCUT2D eigenvalue weighted by Crippen LogP contribution is -2.45. The van der Waals surface area contributed by atoms with E-state index in [-0.39, 0.29) is 21.5 Å². The molecule has 2 amide bonds. The normalized spacial score (nSPS) is 12.0. The summed E-state index contributed by atoms with van der Waals surface area (Å²) in [7, 11) is 0. The Morgan fingerprint density at radius 3 is 2.68 bits per heavy atom. The molecular weight excluding hydrogens is 399 g/mol. The predicted molar refractivity (Wildman–Crippen MR) is 111 cm³/mol. The van der Waals surface area contributed by atoms with Gasteiger partial charge in [0, 0.05) is 13.1 Å². The number of para-hydroxylation sites is 2. The molecule has 0 aliphatic carbocycles. The van der Waals surface area contributed by atoms with Gasteiger partial charge in [0.2, 0.25) is 5.91 Å². The van der Waals surface area contributed by atoms with Crippen molar-refractivity contribution in [2.45, 2.75) is 26.4 Å². The van der Waals surface area contributed by atoms with Crippen LogP contribution in [0.2, 0.25) is 10.0 Å². The van der Waals surface area contributed by atoms with Gasteiger partial charge in [0.1, 0.15) is 11.9 Å². The van der Waals surface area contributed by atoms with Crippen molar-refractivity contribution in [3.8, 4) is 0 Å². The van der Waals surface area contributed by atoms with Crippen molar-refractivity contribution >= 4 is 46.0 Å². The highest BCUT2D eigenvalue weighted by molar-refractivity contribution is 6.43. The van der Waals surface area contributed by atoms with Gasteiger partial charge in [0.25, 0.3) is 5.91 Å². The molecule has 146 valence electrons. The largest absolute Gasteiger partial charge is 0.353 e. The molecule has 0 spiro atoms. The number of nitrogens with zero attached hydrogens (tertiary/aromatic N) is 2. The van der Waals surface area contributed by atoms with Crippen molar-refractivity contribution in [3.63, 3.8) is 0 Å². The molecule has 28 heavy (non-hydrogen) atoms. The second-order valence-electron chi connectivity index (χ2n) is 6.39. The summed E-state index contributed by atoms with van der Waals surface area (Å²) < 4.78 is 2.05. The average molecular weight is 419 g/mol. The first-order valence-corrected chi connectivity index (χ1v) is 9.58. The van der Waals surface area contributed by atoms with Gasteiger partial charge < -0.3 is 15.2 Å². The Morgan fingerprint density at radius 1 is 1.14 bits per heavy atom. The number of halogens is 2. The molecule has 0 fully saturated rings. The van der Waals surface area contributed by atoms with Crippen LogP contribution in [0.15, 0.2) is 42.5 Å². The van der Waals surface area contributed by atoms with Gasteiger partial charge in [-0.3, -0.25) is 9.59 Å². The summed E-state index contributed by atoms with van der Waals surface area (Å²) in [5.74, 6) is 0.146. The molecule has 1 unspecified atom stereocenters. The summed E-state index contributed by atoms with van der Waals surface area (Å²) in [6.45, 7) is 4.54. The third-order valence-corrected chi connectivity index (χ3v) is 5.24. The van der Waals surface area contributed by atoms with Gasteiger partial charge in [-0.15, -0.1) is 0 Å². The molecule has 0 saturated carbocycles. The predicted octanol–water partition coefficient (Wildman–Crippen LogP) is 3.59. The van der Waals surface area contributed by atoms with E-state index in [0.29, 0.717) is 13.1 Å². The first-order valence-electron chi connectivity index (χ1n) is 8.83. The van der Waals surface area contributed by atoms with E-state index in [1.807, 2.05) is 35.8 Å². The molecule has 0 bridgehead atoms. The molecule has 0 saturated heterocycles. The fourth-order valence-corrected chi connectivity index (χ4v) is 3.33. The molecule has 3 aromatic rings. The van der Waals surface area contributed by atoms with Crippen LogP contribution in [0, 0.1) is 6.92 Å². The molecule has 6 nitrogen and oxygen atoms in total. The van der Waals surface area contributed by atoms with Crippen molar-refractivity contribution in [3.05, 3.63) is 63.9 Å². The smallest absolute Gasteiger partial charge is 0.253 e. The number of amides is 2. The van der Waals surface area contributed by atoms with E-state index >= 15 is 0 Å². The number of aryl methyl sites for hydroxylation is 1. The number of benzene rings is 2. The number of carbonyl (C=O) groups excluding carboxylic acids is 2. The molecule has 1 heterocycles. The number of fused-ring (bicyclic) bond motifs is 1. The van der Waals surface area contributed by atoms with E-state index in [9.17, 15) is 9.59 Å². The fraction of sp³-hybridized carbons (Fsp3) is 0.250. The average Bonchev–Trinajstić information content (AvgIpc) is 2.99. The zero-order valence-corrected chi connectivity index (χ0v) is 17.0. The highest BCUT2D eigenvalue weighted by Gasteiger charge is 2.19. The van der Waals surface area contributed by atoms with Gasteiger partial charge >= 0.3 is 0 Å². The molecule has 0 aliphatic rings. The minimum absolute atomic E-state index is 0.164. The number of nitrogens with one attached hydrogen (secondary N) is 2. The quantitative estimate of drug-likeness (QED) is 0.641. The number of hydrogen-bond donors (Lipinski definition) is 2. The van der Waals surface area contributed by atoms with Gasteiger partial charge in [-0.05, 0) is 38.1 Å². The van der Waals surface area contributed by atoms with Crippen LogP contribution in [0.4, 0.5) is 0 Å². The zero-order chi connectivity index (χ0) is 20.3. The lowest BCUT2D eigenvalue weighted by molar-refractivity contribution is -0.122. The molecular formula is C20H20Cl2N4O2. The molecule has 8 heteroatoms. The van der Waals surface area contributed by atoms with Crippen LogP contribution < -0.4 is 10.6 Å². The minimum Gasteiger partial charge on any atom is -0.353 e. The number of carbonyl (C=O) groups is 2. The molecule has 0 aliphatic heterocycles. The van der Waals surface area contributed by atoms with E-state index in [1.54, 1.807) is 25.1 Å². The van der Waals surface area contributed by atoms with Crippen LogP contribution in [0.5, 0.6) is 0 Å². The highest BCUT2D eigenvalue weighted by Crippen LogP contribution is 2.25. The first kappa shape index (κ1) is 20.2. The van der Waals surface area contributed by atoms with Crippen molar-refractivity contribution in [1.82, 2.24) is 20.2 Å². The molecule has 1 atom stereocenters. The second kappa shape index (κ2) is 8.63. The zero-order valence-electron chi connectivity index (χ0n) is 15.5. The molecule has 1 aromatic heterocycles. The van der Waals surface area contributed by atoms with Crippen molar-refractivity contribution in [1.29, 1.82) is 0 Å². The van der Waals surface area contributed by atoms with E-state index in [0.717, 1.165) is 16.9 Å². The molecule has 3 rings (SSSR count). The highest BCUT2D eigenvalue weighted by atomic mass is 35.5. The van der Waals surface area contributed by atoms with Gasteiger partial charge in [-0.1, -0.05) is 41.4 Å². The fourth-order valence-electron chi connectivity index (χ4n) is 2.94. The van der Waals surface area contributed by atoms with Crippen molar-refractivity contribution < 1.29 is 9.59 Å². The first-order chi connectivity index (χ1) is 13.4. The second-order valence-corrected chi connectivity index (χ2v) is 7.17. The molecule has 2 aromatic carbocycles. The topological polar surface area (TPSA) is 76.0 Å². The third-order valence-electron chi connectivity index (χ3n) is 4.42. The lowest BCUT2D eigenvalue weighted by Gasteiger charge is -2.15.